The maximum absolute atomic E-state index is 12.1. The number of nitrogens with zero attached hydrogens (tertiary/aromatic N) is 4. The SMILES string of the molecule is Cn1cc(CN2CCC[C@H](c3nc(-c4cccs4)cc(=O)[nH]3)C2)cn1. The summed E-state index contributed by atoms with van der Waals surface area (Å²) < 4.78 is 1.83. The molecule has 6 nitrogen and oxygen atoms in total. The number of hydrogen-bond acceptors (Lipinski definition) is 5. The van der Waals surface area contributed by atoms with Crippen molar-refractivity contribution in [1.29, 1.82) is 0 Å². The van der Waals surface area contributed by atoms with E-state index in [1.165, 1.54) is 5.56 Å². The number of aromatic nitrogens is 4. The van der Waals surface area contributed by atoms with E-state index in [4.69, 9.17) is 4.98 Å². The molecule has 1 aliphatic heterocycles. The van der Waals surface area contributed by atoms with E-state index >= 15 is 0 Å². The van der Waals surface area contributed by atoms with E-state index in [0.717, 1.165) is 48.9 Å². The van der Waals surface area contributed by atoms with Crippen LogP contribution in [-0.4, -0.2) is 37.7 Å². The average molecular weight is 355 g/mol. The molecule has 3 aromatic rings. The van der Waals surface area contributed by atoms with Gasteiger partial charge in [0.1, 0.15) is 5.82 Å². The van der Waals surface area contributed by atoms with Crippen molar-refractivity contribution in [3.63, 3.8) is 0 Å². The molecule has 4 rings (SSSR count). The van der Waals surface area contributed by atoms with Gasteiger partial charge in [-0.05, 0) is 30.8 Å². The number of nitrogens with one attached hydrogen (secondary N) is 1. The molecule has 3 aromatic heterocycles. The number of likely N-dealkylation sites (tertiary alicyclic amines) is 1. The van der Waals surface area contributed by atoms with Crippen LogP contribution in [0.3, 0.4) is 0 Å². The van der Waals surface area contributed by atoms with Gasteiger partial charge in [-0.3, -0.25) is 14.4 Å². The second-order valence-electron chi connectivity index (χ2n) is 6.59. The molecule has 0 spiro atoms. The van der Waals surface area contributed by atoms with Crippen molar-refractivity contribution < 1.29 is 0 Å². The number of aromatic amines is 1. The van der Waals surface area contributed by atoms with Crippen LogP contribution in [0.5, 0.6) is 0 Å². The lowest BCUT2D eigenvalue weighted by Crippen LogP contribution is -2.35. The van der Waals surface area contributed by atoms with Crippen LogP contribution >= 0.6 is 11.3 Å². The van der Waals surface area contributed by atoms with Gasteiger partial charge in [0, 0.05) is 43.9 Å². The first kappa shape index (κ1) is 16.2. The van der Waals surface area contributed by atoms with Crippen LogP contribution < -0.4 is 5.56 Å². The highest BCUT2D eigenvalue weighted by molar-refractivity contribution is 7.13. The third-order valence-electron chi connectivity index (χ3n) is 4.59. The lowest BCUT2D eigenvalue weighted by molar-refractivity contribution is 0.196. The molecule has 4 heterocycles. The van der Waals surface area contributed by atoms with Gasteiger partial charge in [-0.25, -0.2) is 4.98 Å². The Morgan fingerprint density at radius 2 is 2.36 bits per heavy atom. The Bertz CT molecular complexity index is 898. The highest BCUT2D eigenvalue weighted by Crippen LogP contribution is 2.27. The van der Waals surface area contributed by atoms with Gasteiger partial charge in [-0.1, -0.05) is 6.07 Å². The number of thiophene rings is 1. The molecule has 1 atom stereocenters. The van der Waals surface area contributed by atoms with Crippen molar-refractivity contribution in [2.24, 2.45) is 7.05 Å². The zero-order valence-electron chi connectivity index (χ0n) is 14.2. The van der Waals surface area contributed by atoms with Crippen LogP contribution in [0.4, 0.5) is 0 Å². The fourth-order valence-electron chi connectivity index (χ4n) is 3.45. The monoisotopic (exact) mass is 355 g/mol. The van der Waals surface area contributed by atoms with Crippen LogP contribution in [-0.2, 0) is 13.6 Å². The molecule has 0 amide bonds. The molecule has 0 saturated carbocycles. The van der Waals surface area contributed by atoms with E-state index in [-0.39, 0.29) is 11.5 Å². The molecule has 0 radical (unpaired) electrons. The number of aryl methyl sites for hydroxylation is 1. The Morgan fingerprint density at radius 3 is 3.12 bits per heavy atom. The normalized spacial score (nSPS) is 18.5. The Labute approximate surface area is 150 Å². The van der Waals surface area contributed by atoms with Gasteiger partial charge in [0.15, 0.2) is 0 Å². The van der Waals surface area contributed by atoms with Gasteiger partial charge in [0.2, 0.25) is 0 Å². The average Bonchev–Trinajstić information content (AvgIpc) is 3.27. The van der Waals surface area contributed by atoms with Gasteiger partial charge in [0.05, 0.1) is 16.8 Å². The fourth-order valence-corrected chi connectivity index (χ4v) is 4.14. The summed E-state index contributed by atoms with van der Waals surface area (Å²) in [5, 5.41) is 6.25. The van der Waals surface area contributed by atoms with Crippen LogP contribution in [0, 0.1) is 0 Å². The predicted octanol–water partition coefficient (Wildman–Crippen LogP) is 2.61. The summed E-state index contributed by atoms with van der Waals surface area (Å²) in [4.78, 5) is 23.3. The lowest BCUT2D eigenvalue weighted by atomic mass is 9.96. The number of H-pyrrole nitrogens is 1. The molecule has 1 aliphatic rings. The molecule has 0 unspecified atom stereocenters. The zero-order chi connectivity index (χ0) is 17.2. The summed E-state index contributed by atoms with van der Waals surface area (Å²) in [6.07, 6.45) is 6.14. The van der Waals surface area contributed by atoms with Crippen molar-refractivity contribution >= 4 is 11.3 Å². The number of piperidine rings is 1. The van der Waals surface area contributed by atoms with Gasteiger partial charge < -0.3 is 4.98 Å². The first-order valence-corrected chi connectivity index (χ1v) is 9.40. The molecule has 130 valence electrons. The van der Waals surface area contributed by atoms with Crippen LogP contribution in [0.1, 0.15) is 30.1 Å². The molecule has 0 aromatic carbocycles. The number of rotatable bonds is 4. The van der Waals surface area contributed by atoms with Crippen LogP contribution in [0.2, 0.25) is 0 Å². The minimum Gasteiger partial charge on any atom is -0.310 e. The first-order valence-electron chi connectivity index (χ1n) is 8.52. The first-order chi connectivity index (χ1) is 12.2. The van der Waals surface area contributed by atoms with E-state index in [1.54, 1.807) is 17.4 Å². The smallest absolute Gasteiger partial charge is 0.251 e. The van der Waals surface area contributed by atoms with E-state index in [2.05, 4.69) is 21.2 Å². The van der Waals surface area contributed by atoms with Gasteiger partial charge in [-0.2, -0.15) is 5.10 Å². The Balaban J connectivity index is 1.54. The minimum atomic E-state index is -0.0715. The number of hydrogen-bond donors (Lipinski definition) is 1. The summed E-state index contributed by atoms with van der Waals surface area (Å²) in [7, 11) is 1.94. The molecule has 0 aliphatic carbocycles. The third kappa shape index (κ3) is 3.72. The standard InChI is InChI=1S/C18H21N5OS/c1-22-10-13(9-19-22)11-23-6-2-4-14(12-23)18-20-15(8-17(24)21-18)16-5-3-7-25-16/h3,5,7-10,14H,2,4,6,11-12H2,1H3,(H,20,21,24)/t14-/m0/s1. The van der Waals surface area contributed by atoms with Crippen molar-refractivity contribution in [2.45, 2.75) is 25.3 Å². The summed E-state index contributed by atoms with van der Waals surface area (Å²) >= 11 is 1.61. The maximum atomic E-state index is 12.1. The summed E-state index contributed by atoms with van der Waals surface area (Å²) in [6, 6.07) is 5.58. The topological polar surface area (TPSA) is 66.8 Å². The second kappa shape index (κ2) is 6.93. The molecule has 7 heteroatoms. The third-order valence-corrected chi connectivity index (χ3v) is 5.48. The molecular weight excluding hydrogens is 334 g/mol. The van der Waals surface area contributed by atoms with E-state index in [1.807, 2.05) is 35.4 Å². The molecular formula is C18H21N5OS. The molecule has 25 heavy (non-hydrogen) atoms. The van der Waals surface area contributed by atoms with Crippen LogP contribution in [0.15, 0.2) is 40.8 Å². The van der Waals surface area contributed by atoms with Crippen LogP contribution in [0.25, 0.3) is 10.6 Å². The summed E-state index contributed by atoms with van der Waals surface area (Å²) in [5.74, 6) is 1.07. The maximum Gasteiger partial charge on any atom is 0.251 e. The van der Waals surface area contributed by atoms with E-state index in [0.29, 0.717) is 0 Å². The minimum absolute atomic E-state index is 0.0715. The Morgan fingerprint density at radius 1 is 1.44 bits per heavy atom. The predicted molar refractivity (Wildman–Crippen MR) is 98.6 cm³/mol. The zero-order valence-corrected chi connectivity index (χ0v) is 15.0. The Kier molecular flexibility index (Phi) is 4.50. The van der Waals surface area contributed by atoms with Crippen molar-refractivity contribution in [1.82, 2.24) is 24.6 Å². The van der Waals surface area contributed by atoms with Gasteiger partial charge in [-0.15, -0.1) is 11.3 Å². The summed E-state index contributed by atoms with van der Waals surface area (Å²) in [6.45, 7) is 2.87. The fraction of sp³-hybridized carbons (Fsp3) is 0.389. The van der Waals surface area contributed by atoms with E-state index < -0.39 is 0 Å². The highest BCUT2D eigenvalue weighted by atomic mass is 32.1. The highest BCUT2D eigenvalue weighted by Gasteiger charge is 2.24. The van der Waals surface area contributed by atoms with E-state index in [9.17, 15) is 4.79 Å². The lowest BCUT2D eigenvalue weighted by Gasteiger charge is -2.31. The van der Waals surface area contributed by atoms with Gasteiger partial charge >= 0.3 is 0 Å². The quantitative estimate of drug-likeness (QED) is 0.781. The largest absolute Gasteiger partial charge is 0.310 e. The van der Waals surface area contributed by atoms with Crippen molar-refractivity contribution in [3.8, 4) is 10.6 Å². The second-order valence-corrected chi connectivity index (χ2v) is 7.54. The molecule has 1 fully saturated rings. The van der Waals surface area contributed by atoms with Crippen molar-refractivity contribution in [2.75, 3.05) is 13.1 Å². The molecule has 0 bridgehead atoms. The molecule has 1 saturated heterocycles. The summed E-state index contributed by atoms with van der Waals surface area (Å²) in [5.41, 5.74) is 1.92. The Hall–Kier alpha value is -2.25. The van der Waals surface area contributed by atoms with Gasteiger partial charge in [0.25, 0.3) is 5.56 Å². The van der Waals surface area contributed by atoms with Crippen molar-refractivity contribution in [3.05, 3.63) is 57.7 Å². The molecule has 1 N–H and O–H groups in total.